The molecule has 2 atom stereocenters. The van der Waals surface area contributed by atoms with Crippen molar-refractivity contribution in [2.75, 3.05) is 13.6 Å². The van der Waals surface area contributed by atoms with E-state index in [4.69, 9.17) is 10.5 Å². The largest absolute Gasteiger partial charge is 0.453 e. The fourth-order valence-electron chi connectivity index (χ4n) is 5.05. The molecule has 176 valence electrons. The van der Waals surface area contributed by atoms with Crippen LogP contribution in [0.25, 0.3) is 10.9 Å². The molecule has 3 heterocycles. The van der Waals surface area contributed by atoms with Crippen LogP contribution in [0.5, 0.6) is 0 Å². The molecule has 0 radical (unpaired) electrons. The van der Waals surface area contributed by atoms with Crippen molar-refractivity contribution in [3.05, 3.63) is 64.6 Å². The SMILES string of the molecule is Cc1cc(CC(C)(OC(=O)C(N)C(C)C)c2cccnc2)c2c(c1)c1c(n2C)CCN(C)C1. The molecule has 2 unspecified atom stereocenters. The van der Waals surface area contributed by atoms with E-state index in [1.807, 2.05) is 32.9 Å². The molecule has 4 rings (SSSR count). The molecule has 1 aliphatic heterocycles. The molecule has 6 heteroatoms. The molecule has 0 spiro atoms. The third kappa shape index (κ3) is 4.42. The van der Waals surface area contributed by atoms with Crippen molar-refractivity contribution >= 4 is 16.9 Å². The summed E-state index contributed by atoms with van der Waals surface area (Å²) >= 11 is 0. The van der Waals surface area contributed by atoms with Crippen LogP contribution in [-0.4, -0.2) is 40.1 Å². The van der Waals surface area contributed by atoms with Crippen LogP contribution >= 0.6 is 0 Å². The van der Waals surface area contributed by atoms with Gasteiger partial charge < -0.3 is 19.9 Å². The maximum Gasteiger partial charge on any atom is 0.324 e. The summed E-state index contributed by atoms with van der Waals surface area (Å²) in [5.41, 5.74) is 12.5. The van der Waals surface area contributed by atoms with E-state index < -0.39 is 11.6 Å². The molecule has 0 bridgehead atoms. The van der Waals surface area contributed by atoms with Crippen LogP contribution in [0.4, 0.5) is 0 Å². The molecule has 0 amide bonds. The number of benzene rings is 1. The second-order valence-electron chi connectivity index (χ2n) is 10.1. The number of nitrogens with zero attached hydrogens (tertiary/aromatic N) is 3. The summed E-state index contributed by atoms with van der Waals surface area (Å²) in [6.45, 7) is 9.99. The minimum atomic E-state index is -0.889. The summed E-state index contributed by atoms with van der Waals surface area (Å²) in [5.74, 6) is -0.383. The molecule has 2 aromatic heterocycles. The van der Waals surface area contributed by atoms with Gasteiger partial charge in [0, 0.05) is 62.0 Å². The Balaban J connectivity index is 1.83. The molecule has 0 saturated carbocycles. The standard InChI is InChI=1S/C27H36N4O2/c1-17(2)24(28)26(32)33-27(4,20-8-7-10-29-15-20)14-19-12-18(3)13-21-22-16-30(5)11-9-23(22)31(6)25(19)21/h7-8,10,12-13,15,17,24H,9,11,14,16,28H2,1-6H3. The van der Waals surface area contributed by atoms with Gasteiger partial charge in [-0.1, -0.05) is 31.5 Å². The average molecular weight is 449 g/mol. The second kappa shape index (κ2) is 8.92. The Morgan fingerprint density at radius 3 is 2.73 bits per heavy atom. The van der Waals surface area contributed by atoms with E-state index >= 15 is 0 Å². The third-order valence-corrected chi connectivity index (χ3v) is 7.02. The van der Waals surface area contributed by atoms with Gasteiger partial charge in [0.25, 0.3) is 0 Å². The minimum absolute atomic E-state index is 0.00193. The number of rotatable bonds is 6. The zero-order valence-corrected chi connectivity index (χ0v) is 20.7. The van der Waals surface area contributed by atoms with Crippen molar-refractivity contribution in [2.24, 2.45) is 18.7 Å². The number of pyridine rings is 1. The fraction of sp³-hybridized carbons (Fsp3) is 0.481. The van der Waals surface area contributed by atoms with Gasteiger partial charge >= 0.3 is 5.97 Å². The number of aryl methyl sites for hydroxylation is 2. The molecule has 1 aromatic carbocycles. The summed E-state index contributed by atoms with van der Waals surface area (Å²) in [4.78, 5) is 19.7. The van der Waals surface area contributed by atoms with Gasteiger partial charge in [-0.2, -0.15) is 0 Å². The molecule has 6 nitrogen and oxygen atoms in total. The molecule has 0 fully saturated rings. The van der Waals surface area contributed by atoms with Crippen LogP contribution < -0.4 is 5.73 Å². The Bertz CT molecular complexity index is 1170. The normalized spacial score (nSPS) is 17.1. The quantitative estimate of drug-likeness (QED) is 0.580. The van der Waals surface area contributed by atoms with Crippen molar-refractivity contribution < 1.29 is 9.53 Å². The van der Waals surface area contributed by atoms with E-state index in [2.05, 4.69) is 47.6 Å². The van der Waals surface area contributed by atoms with Gasteiger partial charge in [-0.15, -0.1) is 0 Å². The Kier molecular flexibility index (Phi) is 6.34. The lowest BCUT2D eigenvalue weighted by Gasteiger charge is -2.32. The van der Waals surface area contributed by atoms with E-state index in [1.54, 1.807) is 12.4 Å². The van der Waals surface area contributed by atoms with Crippen molar-refractivity contribution in [3.63, 3.8) is 0 Å². The summed E-state index contributed by atoms with van der Waals surface area (Å²) in [6, 6.07) is 7.70. The first-order valence-corrected chi connectivity index (χ1v) is 11.8. The summed E-state index contributed by atoms with van der Waals surface area (Å²) in [6.07, 6.45) is 5.10. The van der Waals surface area contributed by atoms with Gasteiger partial charge in [0.05, 0.1) is 5.52 Å². The monoisotopic (exact) mass is 448 g/mol. The number of aromatic nitrogens is 2. The maximum absolute atomic E-state index is 13.0. The molecular weight excluding hydrogens is 412 g/mol. The van der Waals surface area contributed by atoms with E-state index in [0.29, 0.717) is 6.42 Å². The first-order chi connectivity index (χ1) is 15.6. The Morgan fingerprint density at radius 2 is 2.06 bits per heavy atom. The number of esters is 1. The van der Waals surface area contributed by atoms with Gasteiger partial charge in [0.1, 0.15) is 11.6 Å². The van der Waals surface area contributed by atoms with Crippen molar-refractivity contribution in [2.45, 2.75) is 58.7 Å². The summed E-state index contributed by atoms with van der Waals surface area (Å²) < 4.78 is 8.52. The van der Waals surface area contributed by atoms with Crippen LogP contribution in [0.1, 0.15) is 48.7 Å². The lowest BCUT2D eigenvalue weighted by Crippen LogP contribution is -2.42. The number of carbonyl (C=O) groups excluding carboxylic acids is 1. The summed E-state index contributed by atoms with van der Waals surface area (Å²) in [7, 11) is 4.34. The molecule has 0 aliphatic carbocycles. The van der Waals surface area contributed by atoms with Crippen LogP contribution in [-0.2, 0) is 41.6 Å². The van der Waals surface area contributed by atoms with E-state index in [0.717, 1.165) is 25.1 Å². The van der Waals surface area contributed by atoms with Gasteiger partial charge in [-0.05, 0) is 50.1 Å². The predicted octanol–water partition coefficient (Wildman–Crippen LogP) is 3.85. The Hall–Kier alpha value is -2.70. The van der Waals surface area contributed by atoms with E-state index in [-0.39, 0.29) is 11.9 Å². The van der Waals surface area contributed by atoms with E-state index in [9.17, 15) is 4.79 Å². The third-order valence-electron chi connectivity index (χ3n) is 7.02. The lowest BCUT2D eigenvalue weighted by atomic mass is 9.87. The fourth-order valence-corrected chi connectivity index (χ4v) is 5.05. The number of fused-ring (bicyclic) bond motifs is 3. The van der Waals surface area contributed by atoms with E-state index in [1.165, 1.54) is 33.3 Å². The maximum atomic E-state index is 13.0. The second-order valence-corrected chi connectivity index (χ2v) is 10.1. The zero-order valence-electron chi connectivity index (χ0n) is 20.7. The van der Waals surface area contributed by atoms with Gasteiger partial charge in [-0.25, -0.2) is 0 Å². The molecular formula is C27H36N4O2. The zero-order chi connectivity index (χ0) is 23.9. The highest BCUT2D eigenvalue weighted by Gasteiger charge is 2.36. The highest BCUT2D eigenvalue weighted by atomic mass is 16.6. The number of nitrogens with two attached hydrogens (primary N) is 1. The topological polar surface area (TPSA) is 73.4 Å². The van der Waals surface area contributed by atoms with Crippen LogP contribution in [0.15, 0.2) is 36.7 Å². The highest BCUT2D eigenvalue weighted by Crippen LogP contribution is 2.37. The molecule has 0 saturated heterocycles. The Morgan fingerprint density at radius 1 is 1.30 bits per heavy atom. The number of ether oxygens (including phenoxy) is 1. The number of hydrogen-bond donors (Lipinski definition) is 1. The minimum Gasteiger partial charge on any atom is -0.453 e. The van der Waals surface area contributed by atoms with Gasteiger partial charge in [0.2, 0.25) is 0 Å². The van der Waals surface area contributed by atoms with Crippen LogP contribution in [0, 0.1) is 12.8 Å². The first kappa shape index (κ1) is 23.5. The molecule has 33 heavy (non-hydrogen) atoms. The first-order valence-electron chi connectivity index (χ1n) is 11.8. The van der Waals surface area contributed by atoms with Crippen molar-refractivity contribution in [1.29, 1.82) is 0 Å². The average Bonchev–Trinajstić information content (AvgIpc) is 3.04. The molecule has 1 aliphatic rings. The number of hydrogen-bond acceptors (Lipinski definition) is 5. The number of likely N-dealkylation sites (N-methyl/N-ethyl adjacent to an activating group) is 1. The number of carbonyl (C=O) groups is 1. The molecule has 3 aromatic rings. The van der Waals surface area contributed by atoms with Crippen molar-refractivity contribution in [3.8, 4) is 0 Å². The van der Waals surface area contributed by atoms with Gasteiger partial charge in [0.15, 0.2) is 0 Å². The highest BCUT2D eigenvalue weighted by molar-refractivity contribution is 5.89. The smallest absolute Gasteiger partial charge is 0.324 e. The van der Waals surface area contributed by atoms with Crippen LogP contribution in [0.2, 0.25) is 0 Å². The van der Waals surface area contributed by atoms with Gasteiger partial charge in [-0.3, -0.25) is 9.78 Å². The summed E-state index contributed by atoms with van der Waals surface area (Å²) in [5, 5.41) is 1.30. The van der Waals surface area contributed by atoms with Crippen molar-refractivity contribution in [1.82, 2.24) is 14.5 Å². The van der Waals surface area contributed by atoms with Crippen LogP contribution in [0.3, 0.4) is 0 Å². The lowest BCUT2D eigenvalue weighted by molar-refractivity contribution is -0.162. The molecule has 2 N–H and O–H groups in total. The Labute approximate surface area is 196 Å². The predicted molar refractivity (Wildman–Crippen MR) is 132 cm³/mol.